The molecule has 3 nitrogen and oxygen atoms in total. The normalized spacial score (nSPS) is 25.7. The molecule has 2 rings (SSSR count). The number of halogens is 1. The van der Waals surface area contributed by atoms with Crippen molar-refractivity contribution in [2.24, 2.45) is 11.7 Å². The van der Waals surface area contributed by atoms with Crippen molar-refractivity contribution in [1.29, 1.82) is 0 Å². The summed E-state index contributed by atoms with van der Waals surface area (Å²) in [7, 11) is 0. The van der Waals surface area contributed by atoms with Gasteiger partial charge in [0.2, 0.25) is 5.91 Å². The van der Waals surface area contributed by atoms with Gasteiger partial charge < -0.3 is 10.6 Å². The molecule has 1 saturated heterocycles. The van der Waals surface area contributed by atoms with Gasteiger partial charge in [0, 0.05) is 25.6 Å². The molecule has 17 heavy (non-hydrogen) atoms. The van der Waals surface area contributed by atoms with E-state index in [1.165, 1.54) is 32.1 Å². The van der Waals surface area contributed by atoms with Crippen LogP contribution in [-0.2, 0) is 4.79 Å². The fourth-order valence-corrected chi connectivity index (χ4v) is 2.98. The average molecular weight is 261 g/mol. The Labute approximate surface area is 111 Å². The molecular formula is C13H25ClN2O. The summed E-state index contributed by atoms with van der Waals surface area (Å²) in [6, 6.07) is 0.221. The summed E-state index contributed by atoms with van der Waals surface area (Å²) in [6.07, 6.45) is 9.64. The molecule has 0 unspecified atom stereocenters. The Morgan fingerprint density at radius 2 is 1.88 bits per heavy atom. The highest BCUT2D eigenvalue weighted by Gasteiger charge is 2.24. The zero-order chi connectivity index (χ0) is 11.4. The summed E-state index contributed by atoms with van der Waals surface area (Å²) in [5.74, 6) is 1.15. The second-order valence-electron chi connectivity index (χ2n) is 5.43. The maximum Gasteiger partial charge on any atom is 0.222 e. The molecule has 0 bridgehead atoms. The third-order valence-electron chi connectivity index (χ3n) is 4.07. The van der Waals surface area contributed by atoms with E-state index in [-0.39, 0.29) is 18.4 Å². The van der Waals surface area contributed by atoms with Gasteiger partial charge in [-0.25, -0.2) is 0 Å². The molecule has 1 heterocycles. The van der Waals surface area contributed by atoms with Gasteiger partial charge in [0.05, 0.1) is 0 Å². The van der Waals surface area contributed by atoms with Gasteiger partial charge in [0.1, 0.15) is 0 Å². The van der Waals surface area contributed by atoms with Crippen LogP contribution >= 0.6 is 12.4 Å². The molecule has 0 radical (unpaired) electrons. The van der Waals surface area contributed by atoms with Crippen molar-refractivity contribution < 1.29 is 4.79 Å². The number of carbonyl (C=O) groups is 1. The highest BCUT2D eigenvalue weighted by molar-refractivity contribution is 5.85. The summed E-state index contributed by atoms with van der Waals surface area (Å²) in [6.45, 7) is 1.66. The molecule has 0 aromatic heterocycles. The Bertz CT molecular complexity index is 242. The van der Waals surface area contributed by atoms with Gasteiger partial charge >= 0.3 is 0 Å². The van der Waals surface area contributed by atoms with Crippen molar-refractivity contribution in [3.63, 3.8) is 0 Å². The Morgan fingerprint density at radius 3 is 2.47 bits per heavy atom. The van der Waals surface area contributed by atoms with Crippen LogP contribution < -0.4 is 5.73 Å². The maximum atomic E-state index is 11.9. The summed E-state index contributed by atoms with van der Waals surface area (Å²) in [5.41, 5.74) is 5.81. The highest BCUT2D eigenvalue weighted by Crippen LogP contribution is 2.27. The van der Waals surface area contributed by atoms with Crippen LogP contribution in [0.3, 0.4) is 0 Å². The molecule has 0 aromatic carbocycles. The third kappa shape index (κ3) is 4.47. The number of amides is 1. The van der Waals surface area contributed by atoms with Crippen LogP contribution in [0.25, 0.3) is 0 Å². The van der Waals surface area contributed by atoms with Gasteiger partial charge in [0.25, 0.3) is 0 Å². The zero-order valence-corrected chi connectivity index (χ0v) is 11.4. The predicted octanol–water partition coefficient (Wildman–Crippen LogP) is 2.33. The van der Waals surface area contributed by atoms with Crippen molar-refractivity contribution in [2.45, 2.75) is 57.4 Å². The van der Waals surface area contributed by atoms with Gasteiger partial charge in [-0.3, -0.25) is 4.79 Å². The molecule has 2 N–H and O–H groups in total. The van der Waals surface area contributed by atoms with Crippen LogP contribution in [-0.4, -0.2) is 29.9 Å². The van der Waals surface area contributed by atoms with Crippen LogP contribution in [0.1, 0.15) is 51.4 Å². The minimum absolute atomic E-state index is 0. The first kappa shape index (κ1) is 14.8. The monoisotopic (exact) mass is 260 g/mol. The molecule has 2 fully saturated rings. The lowest BCUT2D eigenvalue weighted by Crippen LogP contribution is -2.32. The minimum atomic E-state index is 0. The van der Waals surface area contributed by atoms with Crippen LogP contribution in [0.5, 0.6) is 0 Å². The van der Waals surface area contributed by atoms with Crippen LogP contribution in [0.2, 0.25) is 0 Å². The SMILES string of the molecule is Cl.N[C@@H]1CCN(C(=O)CCC2CCCCC2)C1. The molecule has 2 aliphatic rings. The average Bonchev–Trinajstić information content (AvgIpc) is 2.74. The van der Waals surface area contributed by atoms with Crippen molar-refractivity contribution in [3.8, 4) is 0 Å². The molecule has 1 atom stereocenters. The Morgan fingerprint density at radius 1 is 1.18 bits per heavy atom. The molecule has 1 saturated carbocycles. The summed E-state index contributed by atoms with van der Waals surface area (Å²) >= 11 is 0. The highest BCUT2D eigenvalue weighted by atomic mass is 35.5. The molecule has 0 aromatic rings. The standard InChI is InChI=1S/C13H24N2O.ClH/c14-12-8-9-15(10-12)13(16)7-6-11-4-2-1-3-5-11;/h11-12H,1-10,14H2;1H/t12-;/m1./s1. The van der Waals surface area contributed by atoms with E-state index in [0.717, 1.165) is 38.3 Å². The van der Waals surface area contributed by atoms with Crippen molar-refractivity contribution in [1.82, 2.24) is 4.90 Å². The zero-order valence-electron chi connectivity index (χ0n) is 10.6. The first-order valence-corrected chi connectivity index (χ1v) is 6.79. The predicted molar refractivity (Wildman–Crippen MR) is 72.2 cm³/mol. The van der Waals surface area contributed by atoms with Gasteiger partial charge in [0.15, 0.2) is 0 Å². The fourth-order valence-electron chi connectivity index (χ4n) is 2.98. The minimum Gasteiger partial charge on any atom is -0.341 e. The number of likely N-dealkylation sites (tertiary alicyclic amines) is 1. The molecule has 100 valence electrons. The largest absolute Gasteiger partial charge is 0.341 e. The molecular weight excluding hydrogens is 236 g/mol. The first-order chi connectivity index (χ1) is 7.75. The van der Waals surface area contributed by atoms with Crippen LogP contribution in [0.4, 0.5) is 0 Å². The summed E-state index contributed by atoms with van der Waals surface area (Å²) in [4.78, 5) is 13.9. The van der Waals surface area contributed by atoms with E-state index in [4.69, 9.17) is 5.73 Å². The van der Waals surface area contributed by atoms with Crippen molar-refractivity contribution >= 4 is 18.3 Å². The lowest BCUT2D eigenvalue weighted by atomic mass is 9.86. The van der Waals surface area contributed by atoms with E-state index in [1.54, 1.807) is 0 Å². The molecule has 1 aliphatic carbocycles. The summed E-state index contributed by atoms with van der Waals surface area (Å²) in [5, 5.41) is 0. The lowest BCUT2D eigenvalue weighted by molar-refractivity contribution is -0.130. The van der Waals surface area contributed by atoms with Crippen LogP contribution in [0, 0.1) is 5.92 Å². The number of hydrogen-bond acceptors (Lipinski definition) is 2. The maximum absolute atomic E-state index is 11.9. The molecule has 4 heteroatoms. The van der Waals surface area contributed by atoms with E-state index in [9.17, 15) is 4.79 Å². The Balaban J connectivity index is 0.00000144. The molecule has 0 spiro atoms. The Kier molecular flexibility index (Phi) is 6.28. The quantitative estimate of drug-likeness (QED) is 0.847. The second kappa shape index (κ2) is 7.22. The van der Waals surface area contributed by atoms with Gasteiger partial charge in [-0.05, 0) is 18.8 Å². The van der Waals surface area contributed by atoms with Gasteiger partial charge in [-0.15, -0.1) is 12.4 Å². The van der Waals surface area contributed by atoms with E-state index in [0.29, 0.717) is 5.91 Å². The van der Waals surface area contributed by atoms with Crippen molar-refractivity contribution in [3.05, 3.63) is 0 Å². The van der Waals surface area contributed by atoms with E-state index >= 15 is 0 Å². The Hall–Kier alpha value is -0.280. The third-order valence-corrected chi connectivity index (χ3v) is 4.07. The molecule has 1 aliphatic heterocycles. The number of nitrogens with zero attached hydrogens (tertiary/aromatic N) is 1. The van der Waals surface area contributed by atoms with Gasteiger partial charge in [-0.2, -0.15) is 0 Å². The van der Waals surface area contributed by atoms with Gasteiger partial charge in [-0.1, -0.05) is 32.1 Å². The number of rotatable bonds is 3. The van der Waals surface area contributed by atoms with Crippen LogP contribution in [0.15, 0.2) is 0 Å². The lowest BCUT2D eigenvalue weighted by Gasteiger charge is -2.22. The smallest absolute Gasteiger partial charge is 0.222 e. The fraction of sp³-hybridized carbons (Fsp3) is 0.923. The number of hydrogen-bond donors (Lipinski definition) is 1. The van der Waals surface area contributed by atoms with E-state index in [1.807, 2.05) is 4.90 Å². The van der Waals surface area contributed by atoms with Crippen molar-refractivity contribution in [2.75, 3.05) is 13.1 Å². The first-order valence-electron chi connectivity index (χ1n) is 6.79. The summed E-state index contributed by atoms with van der Waals surface area (Å²) < 4.78 is 0. The number of carbonyl (C=O) groups excluding carboxylic acids is 1. The number of nitrogens with two attached hydrogens (primary N) is 1. The second-order valence-corrected chi connectivity index (χ2v) is 5.43. The van der Waals surface area contributed by atoms with E-state index in [2.05, 4.69) is 0 Å². The topological polar surface area (TPSA) is 46.3 Å². The van der Waals surface area contributed by atoms with E-state index < -0.39 is 0 Å². The molecule has 1 amide bonds.